The number of nitro groups is 1. The summed E-state index contributed by atoms with van der Waals surface area (Å²) in [5, 5.41) is 26.3. The van der Waals surface area contributed by atoms with Crippen LogP contribution in [0.3, 0.4) is 0 Å². The molecule has 11 heteroatoms. The van der Waals surface area contributed by atoms with Crippen molar-refractivity contribution in [3.8, 4) is 6.07 Å². The first-order chi connectivity index (χ1) is 14.9. The van der Waals surface area contributed by atoms with Crippen LogP contribution in [0.4, 0.5) is 17.2 Å². The molecule has 0 spiro atoms. The van der Waals surface area contributed by atoms with Crippen LogP contribution in [0.2, 0.25) is 0 Å². The van der Waals surface area contributed by atoms with Crippen LogP contribution in [0.15, 0.2) is 41.4 Å². The molecular weight excluding hydrogens is 420 g/mol. The van der Waals surface area contributed by atoms with Gasteiger partial charge in [-0.2, -0.15) is 9.57 Å². The zero-order valence-corrected chi connectivity index (χ0v) is 17.8. The largest absolute Gasteiger partial charge is 0.378 e. The Bertz CT molecular complexity index is 1060. The van der Waals surface area contributed by atoms with E-state index in [0.717, 1.165) is 31.7 Å². The minimum Gasteiger partial charge on any atom is -0.378 e. The minimum absolute atomic E-state index is 0.0634. The Morgan fingerprint density at radius 2 is 1.81 bits per heavy atom. The quantitative estimate of drug-likeness (QED) is 0.360. The van der Waals surface area contributed by atoms with Crippen molar-refractivity contribution in [3.63, 3.8) is 0 Å². The zero-order valence-electron chi connectivity index (χ0n) is 17.0. The molecule has 2 aromatic rings. The van der Waals surface area contributed by atoms with Crippen molar-refractivity contribution >= 4 is 27.2 Å². The third kappa shape index (κ3) is 5.68. The average molecular weight is 445 g/mol. The number of nitrogens with zero attached hydrogens (tertiary/aromatic N) is 4. The average Bonchev–Trinajstić information content (AvgIpc) is 3.07. The number of nitriles is 1. The van der Waals surface area contributed by atoms with E-state index in [1.807, 2.05) is 6.07 Å². The van der Waals surface area contributed by atoms with Crippen LogP contribution in [-0.2, 0) is 10.0 Å². The van der Waals surface area contributed by atoms with Crippen molar-refractivity contribution in [1.29, 1.82) is 5.26 Å². The third-order valence-electron chi connectivity index (χ3n) is 5.01. The van der Waals surface area contributed by atoms with Gasteiger partial charge in [-0.15, -0.1) is 0 Å². The minimum atomic E-state index is -3.77. The maximum atomic E-state index is 12.9. The molecule has 1 aliphatic rings. The molecule has 0 saturated carbocycles. The summed E-state index contributed by atoms with van der Waals surface area (Å²) in [6.45, 7) is 1.64. The van der Waals surface area contributed by atoms with E-state index in [1.165, 1.54) is 22.6 Å². The molecule has 1 aromatic carbocycles. The highest BCUT2D eigenvalue weighted by atomic mass is 32.2. The number of sulfonamides is 1. The Morgan fingerprint density at radius 3 is 2.42 bits per heavy atom. The van der Waals surface area contributed by atoms with Crippen LogP contribution in [-0.4, -0.2) is 48.8 Å². The van der Waals surface area contributed by atoms with Gasteiger partial charge in [0.1, 0.15) is 17.6 Å². The number of nitrogens with one attached hydrogen (secondary N) is 2. The second-order valence-corrected chi connectivity index (χ2v) is 9.09. The monoisotopic (exact) mass is 444 g/mol. The van der Waals surface area contributed by atoms with Gasteiger partial charge in [0, 0.05) is 38.4 Å². The molecule has 1 saturated heterocycles. The number of hydrogen-bond acceptors (Lipinski definition) is 8. The number of nitro benzene ring substituents is 1. The molecule has 0 amide bonds. The van der Waals surface area contributed by atoms with Crippen LogP contribution in [0.25, 0.3) is 0 Å². The number of anilines is 2. The van der Waals surface area contributed by atoms with E-state index in [2.05, 4.69) is 15.6 Å². The molecule has 10 nitrogen and oxygen atoms in total. The Labute approximate surface area is 181 Å². The molecule has 0 bridgehead atoms. The molecule has 0 unspecified atom stereocenters. The third-order valence-corrected chi connectivity index (χ3v) is 6.90. The lowest BCUT2D eigenvalue weighted by Gasteiger charge is -2.20. The van der Waals surface area contributed by atoms with Crippen LogP contribution in [0, 0.1) is 21.4 Å². The summed E-state index contributed by atoms with van der Waals surface area (Å²) >= 11 is 0. The lowest BCUT2D eigenvalue weighted by Crippen LogP contribution is -2.32. The van der Waals surface area contributed by atoms with E-state index in [0.29, 0.717) is 37.6 Å². The van der Waals surface area contributed by atoms with Gasteiger partial charge >= 0.3 is 0 Å². The standard InChI is InChI=1S/C20H24N6O4S/c21-14-16-5-8-20(24-15-16)23-10-9-22-18-7-6-17(13-19(18)26(27)28)31(29,30)25-11-3-1-2-4-12-25/h5-8,13,15,22H,1-4,9-12H2,(H,23,24). The molecule has 31 heavy (non-hydrogen) atoms. The van der Waals surface area contributed by atoms with Gasteiger partial charge in [0.05, 0.1) is 15.4 Å². The number of benzene rings is 1. The molecular formula is C20H24N6O4S. The summed E-state index contributed by atoms with van der Waals surface area (Å²) in [5.74, 6) is 0.578. The van der Waals surface area contributed by atoms with Gasteiger partial charge in [0.25, 0.3) is 5.69 Å². The zero-order chi connectivity index (χ0) is 22.3. The molecule has 0 atom stereocenters. The van der Waals surface area contributed by atoms with Crippen molar-refractivity contribution in [3.05, 3.63) is 52.2 Å². The fourth-order valence-electron chi connectivity index (χ4n) is 3.36. The first-order valence-corrected chi connectivity index (χ1v) is 11.5. The van der Waals surface area contributed by atoms with Gasteiger partial charge in [0.2, 0.25) is 10.0 Å². The maximum Gasteiger partial charge on any atom is 0.293 e. The number of pyridine rings is 1. The van der Waals surface area contributed by atoms with E-state index in [9.17, 15) is 18.5 Å². The Balaban J connectivity index is 1.67. The van der Waals surface area contributed by atoms with Crippen molar-refractivity contribution in [2.75, 3.05) is 36.8 Å². The highest BCUT2D eigenvalue weighted by molar-refractivity contribution is 7.89. The van der Waals surface area contributed by atoms with Gasteiger partial charge < -0.3 is 10.6 Å². The smallest absolute Gasteiger partial charge is 0.293 e. The lowest BCUT2D eigenvalue weighted by atomic mass is 10.2. The Morgan fingerprint density at radius 1 is 1.10 bits per heavy atom. The SMILES string of the molecule is N#Cc1ccc(NCCNc2ccc(S(=O)(=O)N3CCCCCC3)cc2[N+](=O)[O-])nc1. The van der Waals surface area contributed by atoms with E-state index in [1.54, 1.807) is 12.1 Å². The summed E-state index contributed by atoms with van der Waals surface area (Å²) in [7, 11) is -3.77. The lowest BCUT2D eigenvalue weighted by molar-refractivity contribution is -0.384. The van der Waals surface area contributed by atoms with Crippen LogP contribution in [0.1, 0.15) is 31.2 Å². The van der Waals surface area contributed by atoms with Gasteiger partial charge in [-0.05, 0) is 37.1 Å². The van der Waals surface area contributed by atoms with Crippen LogP contribution >= 0.6 is 0 Å². The van der Waals surface area contributed by atoms with E-state index in [4.69, 9.17) is 5.26 Å². The van der Waals surface area contributed by atoms with Gasteiger partial charge in [0.15, 0.2) is 0 Å². The summed E-state index contributed by atoms with van der Waals surface area (Å²) in [6.07, 6.45) is 5.01. The molecule has 3 rings (SSSR count). The molecule has 2 N–H and O–H groups in total. The molecule has 1 aliphatic heterocycles. The van der Waals surface area contributed by atoms with Crippen molar-refractivity contribution in [2.24, 2.45) is 0 Å². The second kappa shape index (κ2) is 10.2. The summed E-state index contributed by atoms with van der Waals surface area (Å²) < 4.78 is 27.3. The van der Waals surface area contributed by atoms with E-state index < -0.39 is 14.9 Å². The summed E-state index contributed by atoms with van der Waals surface area (Å²) in [6, 6.07) is 9.26. The van der Waals surface area contributed by atoms with Gasteiger partial charge in [-0.3, -0.25) is 10.1 Å². The fourth-order valence-corrected chi connectivity index (χ4v) is 4.89. The number of rotatable bonds is 8. The summed E-state index contributed by atoms with van der Waals surface area (Å²) in [4.78, 5) is 15.0. The van der Waals surface area contributed by atoms with Crippen molar-refractivity contribution < 1.29 is 13.3 Å². The van der Waals surface area contributed by atoms with Crippen molar-refractivity contribution in [2.45, 2.75) is 30.6 Å². The predicted octanol–water partition coefficient (Wildman–Crippen LogP) is 2.95. The molecule has 0 aliphatic carbocycles. The van der Waals surface area contributed by atoms with Gasteiger partial charge in [-0.1, -0.05) is 12.8 Å². The van der Waals surface area contributed by atoms with E-state index >= 15 is 0 Å². The first-order valence-electron chi connectivity index (χ1n) is 10.0. The Hall–Kier alpha value is -3.23. The molecule has 164 valence electrons. The first kappa shape index (κ1) is 22.5. The number of hydrogen-bond donors (Lipinski definition) is 2. The van der Waals surface area contributed by atoms with E-state index in [-0.39, 0.29) is 16.3 Å². The van der Waals surface area contributed by atoms with Crippen LogP contribution < -0.4 is 10.6 Å². The number of aromatic nitrogens is 1. The molecule has 1 aromatic heterocycles. The second-order valence-electron chi connectivity index (χ2n) is 7.15. The van der Waals surface area contributed by atoms with Crippen LogP contribution in [0.5, 0.6) is 0 Å². The molecule has 2 heterocycles. The predicted molar refractivity (Wildman–Crippen MR) is 116 cm³/mol. The fraction of sp³-hybridized carbons (Fsp3) is 0.400. The topological polar surface area (TPSA) is 141 Å². The molecule has 0 radical (unpaired) electrons. The van der Waals surface area contributed by atoms with Gasteiger partial charge in [-0.25, -0.2) is 13.4 Å². The summed E-state index contributed by atoms with van der Waals surface area (Å²) in [5.41, 5.74) is 0.413. The normalized spacial score (nSPS) is 14.9. The highest BCUT2D eigenvalue weighted by Crippen LogP contribution is 2.29. The highest BCUT2D eigenvalue weighted by Gasteiger charge is 2.27. The Kier molecular flexibility index (Phi) is 7.38. The maximum absolute atomic E-state index is 12.9. The molecule has 1 fully saturated rings. The van der Waals surface area contributed by atoms with Crippen molar-refractivity contribution in [1.82, 2.24) is 9.29 Å².